The highest BCUT2D eigenvalue weighted by molar-refractivity contribution is 8.00. The van der Waals surface area contributed by atoms with Gasteiger partial charge in [0.15, 0.2) is 0 Å². The van der Waals surface area contributed by atoms with Crippen LogP contribution in [0.1, 0.15) is 24.6 Å². The van der Waals surface area contributed by atoms with Crippen LogP contribution in [0, 0.1) is 0 Å². The number of urea groups is 1. The highest BCUT2D eigenvalue weighted by Gasteiger charge is 2.26. The Labute approximate surface area is 162 Å². The molecule has 144 valence electrons. The van der Waals surface area contributed by atoms with Gasteiger partial charge in [-0.3, -0.25) is 9.69 Å². The number of hydrogen-bond acceptors (Lipinski definition) is 5. The van der Waals surface area contributed by atoms with Crippen LogP contribution in [0.2, 0.25) is 0 Å². The Balaban J connectivity index is 1.59. The second-order valence-corrected chi connectivity index (χ2v) is 7.38. The monoisotopic (exact) mass is 388 g/mol. The van der Waals surface area contributed by atoms with Gasteiger partial charge in [0.1, 0.15) is 5.76 Å². The number of nitrogens with zero attached hydrogens (tertiary/aromatic N) is 1. The predicted molar refractivity (Wildman–Crippen MR) is 106 cm³/mol. The molecule has 0 aliphatic carbocycles. The number of carbonyl (C=O) groups excluding carboxylic acids is 2. The lowest BCUT2D eigenvalue weighted by Crippen LogP contribution is -2.38. The van der Waals surface area contributed by atoms with Crippen molar-refractivity contribution in [1.82, 2.24) is 10.2 Å². The van der Waals surface area contributed by atoms with Gasteiger partial charge in [-0.15, -0.1) is 11.8 Å². The minimum absolute atomic E-state index is 0.0210. The van der Waals surface area contributed by atoms with Gasteiger partial charge >= 0.3 is 6.03 Å². The number of likely N-dealkylation sites (tertiary alicyclic amines) is 1. The first-order valence-electron chi connectivity index (χ1n) is 8.96. The number of nitrogens with two attached hydrogens (primary N) is 1. The molecule has 1 aliphatic heterocycles. The van der Waals surface area contributed by atoms with Crippen LogP contribution in [0.15, 0.2) is 52.0 Å². The largest absolute Gasteiger partial charge is 0.468 e. The molecule has 0 radical (unpaired) electrons. The topological polar surface area (TPSA) is 101 Å². The maximum Gasteiger partial charge on any atom is 0.319 e. The van der Waals surface area contributed by atoms with Crippen LogP contribution >= 0.6 is 11.8 Å². The van der Waals surface area contributed by atoms with Gasteiger partial charge in [0.25, 0.3) is 0 Å². The van der Waals surface area contributed by atoms with Gasteiger partial charge in [-0.1, -0.05) is 12.1 Å². The van der Waals surface area contributed by atoms with E-state index in [1.165, 1.54) is 11.8 Å². The number of primary amides is 1. The Morgan fingerprint density at radius 3 is 2.67 bits per heavy atom. The lowest BCUT2D eigenvalue weighted by molar-refractivity contribution is -0.115. The van der Waals surface area contributed by atoms with Crippen molar-refractivity contribution in [3.63, 3.8) is 0 Å². The summed E-state index contributed by atoms with van der Waals surface area (Å²) in [6.07, 6.45) is 3.98. The molecule has 1 aromatic carbocycles. The number of nitrogens with one attached hydrogen (secondary N) is 2. The first kappa shape index (κ1) is 19.3. The average Bonchev–Trinajstić information content (AvgIpc) is 3.35. The van der Waals surface area contributed by atoms with E-state index in [1.807, 2.05) is 30.3 Å². The first-order valence-corrected chi connectivity index (χ1v) is 9.94. The fourth-order valence-electron chi connectivity index (χ4n) is 3.14. The van der Waals surface area contributed by atoms with Crippen LogP contribution < -0.4 is 16.4 Å². The number of anilines is 1. The van der Waals surface area contributed by atoms with E-state index in [-0.39, 0.29) is 17.8 Å². The smallest absolute Gasteiger partial charge is 0.319 e. The molecule has 3 rings (SSSR count). The Bertz CT molecular complexity index is 760. The molecular formula is C19H24N4O3S. The number of carbonyl (C=O) groups is 2. The molecule has 1 aliphatic rings. The number of thioether (sulfide) groups is 1. The Kier molecular flexibility index (Phi) is 6.78. The maximum atomic E-state index is 12.4. The van der Waals surface area contributed by atoms with Gasteiger partial charge in [-0.05, 0) is 50.2 Å². The molecule has 7 nitrogen and oxygen atoms in total. The summed E-state index contributed by atoms with van der Waals surface area (Å²) in [6, 6.07) is 10.9. The Hall–Kier alpha value is -2.45. The summed E-state index contributed by atoms with van der Waals surface area (Å²) in [5.41, 5.74) is 5.86. The third kappa shape index (κ3) is 5.51. The third-order valence-electron chi connectivity index (χ3n) is 4.41. The molecule has 0 spiro atoms. The van der Waals surface area contributed by atoms with Crippen LogP contribution in [-0.4, -0.2) is 42.2 Å². The van der Waals surface area contributed by atoms with E-state index >= 15 is 0 Å². The highest BCUT2D eigenvalue weighted by Crippen LogP contribution is 2.27. The zero-order valence-corrected chi connectivity index (χ0v) is 15.8. The van der Waals surface area contributed by atoms with Crippen LogP contribution in [0.4, 0.5) is 10.5 Å². The first-order chi connectivity index (χ1) is 13.1. The SMILES string of the molecule is NC(=O)CSc1ccccc1NC(=O)NCC(c1ccco1)N1CCCC1. The van der Waals surface area contributed by atoms with E-state index in [2.05, 4.69) is 15.5 Å². The van der Waals surface area contributed by atoms with E-state index in [4.69, 9.17) is 10.2 Å². The summed E-state index contributed by atoms with van der Waals surface area (Å²) in [4.78, 5) is 26.6. The van der Waals surface area contributed by atoms with Crippen LogP contribution in [0.25, 0.3) is 0 Å². The molecule has 1 aromatic heterocycles. The third-order valence-corrected chi connectivity index (χ3v) is 5.51. The summed E-state index contributed by atoms with van der Waals surface area (Å²) in [6.45, 7) is 2.46. The van der Waals surface area contributed by atoms with Gasteiger partial charge in [-0.2, -0.15) is 0 Å². The highest BCUT2D eigenvalue weighted by atomic mass is 32.2. The molecule has 3 amide bonds. The lowest BCUT2D eigenvalue weighted by Gasteiger charge is -2.26. The predicted octanol–water partition coefficient (Wildman–Crippen LogP) is 2.82. The molecule has 4 N–H and O–H groups in total. The van der Waals surface area contributed by atoms with Gasteiger partial charge in [0.05, 0.1) is 23.7 Å². The van der Waals surface area contributed by atoms with Crippen molar-refractivity contribution in [2.45, 2.75) is 23.8 Å². The van der Waals surface area contributed by atoms with E-state index in [9.17, 15) is 9.59 Å². The molecular weight excluding hydrogens is 364 g/mol. The second kappa shape index (κ2) is 9.48. The fourth-order valence-corrected chi connectivity index (χ4v) is 3.89. The van der Waals surface area contributed by atoms with Crippen molar-refractivity contribution in [1.29, 1.82) is 0 Å². The number of rotatable bonds is 8. The van der Waals surface area contributed by atoms with Crippen molar-refractivity contribution < 1.29 is 14.0 Å². The molecule has 2 aromatic rings. The fraction of sp³-hybridized carbons (Fsp3) is 0.368. The number of furan rings is 1. The lowest BCUT2D eigenvalue weighted by atomic mass is 10.2. The molecule has 2 heterocycles. The zero-order valence-electron chi connectivity index (χ0n) is 15.0. The summed E-state index contributed by atoms with van der Waals surface area (Å²) in [5, 5.41) is 5.79. The van der Waals surface area contributed by atoms with Crippen molar-refractivity contribution in [2.75, 3.05) is 30.7 Å². The van der Waals surface area contributed by atoms with E-state index in [0.29, 0.717) is 12.2 Å². The standard InChI is InChI=1S/C19H24N4O3S/c20-18(24)13-27-17-8-2-1-6-14(17)22-19(25)21-12-15(16-7-5-11-26-16)23-9-3-4-10-23/h1-2,5-8,11,15H,3-4,9-10,12-13H2,(H2,20,24)(H2,21,22,25). The van der Waals surface area contributed by atoms with Crippen molar-refractivity contribution in [3.05, 3.63) is 48.4 Å². The second-order valence-electron chi connectivity index (χ2n) is 6.36. The number of benzene rings is 1. The van der Waals surface area contributed by atoms with Crippen LogP contribution in [0.3, 0.4) is 0 Å². The summed E-state index contributed by atoms with van der Waals surface area (Å²) in [7, 11) is 0. The van der Waals surface area contributed by atoms with Gasteiger partial charge < -0.3 is 20.8 Å². The van der Waals surface area contributed by atoms with Crippen molar-refractivity contribution in [3.8, 4) is 0 Å². The number of para-hydroxylation sites is 1. The molecule has 8 heteroatoms. The molecule has 1 saturated heterocycles. The molecule has 0 saturated carbocycles. The molecule has 1 atom stereocenters. The Morgan fingerprint density at radius 1 is 1.19 bits per heavy atom. The minimum atomic E-state index is -0.397. The van der Waals surface area contributed by atoms with Gasteiger partial charge in [-0.25, -0.2) is 4.79 Å². The zero-order chi connectivity index (χ0) is 19.1. The molecule has 0 bridgehead atoms. The number of amides is 3. The molecule has 1 unspecified atom stereocenters. The molecule has 27 heavy (non-hydrogen) atoms. The quantitative estimate of drug-likeness (QED) is 0.604. The van der Waals surface area contributed by atoms with E-state index in [1.54, 1.807) is 12.3 Å². The Morgan fingerprint density at radius 2 is 1.96 bits per heavy atom. The summed E-state index contributed by atoms with van der Waals surface area (Å²) >= 11 is 1.30. The summed E-state index contributed by atoms with van der Waals surface area (Å²) < 4.78 is 5.57. The van der Waals surface area contributed by atoms with E-state index < -0.39 is 5.91 Å². The minimum Gasteiger partial charge on any atom is -0.468 e. The van der Waals surface area contributed by atoms with Gasteiger partial charge in [0, 0.05) is 11.4 Å². The van der Waals surface area contributed by atoms with Crippen molar-refractivity contribution in [2.24, 2.45) is 5.73 Å². The number of hydrogen-bond donors (Lipinski definition) is 3. The van der Waals surface area contributed by atoms with Crippen LogP contribution in [-0.2, 0) is 4.79 Å². The average molecular weight is 388 g/mol. The molecule has 1 fully saturated rings. The maximum absolute atomic E-state index is 12.4. The van der Waals surface area contributed by atoms with Gasteiger partial charge in [0.2, 0.25) is 5.91 Å². The summed E-state index contributed by atoms with van der Waals surface area (Å²) in [5.74, 6) is 0.622. The normalized spacial score (nSPS) is 15.4. The van der Waals surface area contributed by atoms with Crippen LogP contribution in [0.5, 0.6) is 0 Å². The van der Waals surface area contributed by atoms with Crippen molar-refractivity contribution >= 4 is 29.4 Å². The van der Waals surface area contributed by atoms with E-state index in [0.717, 1.165) is 36.6 Å².